The molecule has 1 aromatic rings. The highest BCUT2D eigenvalue weighted by Gasteiger charge is 2.10. The summed E-state index contributed by atoms with van der Waals surface area (Å²) in [5.41, 5.74) is 7.25. The van der Waals surface area contributed by atoms with Crippen molar-refractivity contribution in [1.82, 2.24) is 10.2 Å². The summed E-state index contributed by atoms with van der Waals surface area (Å²) in [5, 5.41) is 2.57. The van der Waals surface area contributed by atoms with Crippen LogP contribution in [-0.4, -0.2) is 36.9 Å². The molecule has 3 N–H and O–H groups in total. The summed E-state index contributed by atoms with van der Waals surface area (Å²) in [4.78, 5) is 25.0. The number of hydrogen-bond donors (Lipinski definition) is 2. The topological polar surface area (TPSA) is 75.4 Å². The highest BCUT2D eigenvalue weighted by molar-refractivity contribution is 5.93. The minimum atomic E-state index is -0.113. The van der Waals surface area contributed by atoms with E-state index in [1.807, 2.05) is 19.1 Å². The largest absolute Gasteiger partial charge is 0.355 e. The van der Waals surface area contributed by atoms with E-state index in [9.17, 15) is 9.59 Å². The van der Waals surface area contributed by atoms with Gasteiger partial charge in [-0.1, -0.05) is 12.1 Å². The first kappa shape index (κ1) is 19.4. The van der Waals surface area contributed by atoms with Crippen molar-refractivity contribution >= 4 is 24.2 Å². The van der Waals surface area contributed by atoms with Gasteiger partial charge in [0.1, 0.15) is 0 Å². The van der Waals surface area contributed by atoms with E-state index >= 15 is 0 Å². The molecule has 0 aliphatic carbocycles. The highest BCUT2D eigenvalue weighted by Crippen LogP contribution is 2.08. The molecule has 0 spiro atoms. The molecule has 0 heterocycles. The van der Waals surface area contributed by atoms with E-state index in [2.05, 4.69) is 5.32 Å². The van der Waals surface area contributed by atoms with Crippen molar-refractivity contribution in [2.45, 2.75) is 32.4 Å². The Morgan fingerprint density at radius 3 is 2.33 bits per heavy atom. The molecule has 0 aliphatic rings. The lowest BCUT2D eigenvalue weighted by molar-refractivity contribution is -0.130. The molecule has 0 saturated heterocycles. The summed E-state index contributed by atoms with van der Waals surface area (Å²) >= 11 is 0. The Kier molecular flexibility index (Phi) is 8.66. The molecular weight excluding hydrogens is 290 g/mol. The first-order valence-corrected chi connectivity index (χ1v) is 6.74. The SMILES string of the molecule is CNC(=O)c1ccc(CN(C)C(=O)CCC(C)N)cc1.Cl. The Balaban J connectivity index is 0.00000400. The molecule has 0 aliphatic heterocycles. The average molecular weight is 314 g/mol. The standard InChI is InChI=1S/C15H23N3O2.ClH/c1-11(16)4-9-14(19)18(3)10-12-5-7-13(8-6-12)15(20)17-2;/h5-8,11H,4,9-10,16H2,1-3H3,(H,17,20);1H. The van der Waals surface area contributed by atoms with Crippen LogP contribution in [0.25, 0.3) is 0 Å². The number of carbonyl (C=O) groups is 2. The quantitative estimate of drug-likeness (QED) is 0.836. The van der Waals surface area contributed by atoms with Gasteiger partial charge in [0.2, 0.25) is 5.91 Å². The number of benzene rings is 1. The summed E-state index contributed by atoms with van der Waals surface area (Å²) in [6.45, 7) is 2.43. The van der Waals surface area contributed by atoms with Crippen molar-refractivity contribution < 1.29 is 9.59 Å². The fourth-order valence-corrected chi connectivity index (χ4v) is 1.81. The third kappa shape index (κ3) is 6.60. The molecule has 5 nitrogen and oxygen atoms in total. The van der Waals surface area contributed by atoms with Crippen molar-refractivity contribution in [2.75, 3.05) is 14.1 Å². The molecule has 0 radical (unpaired) electrons. The fraction of sp³-hybridized carbons (Fsp3) is 0.467. The maximum Gasteiger partial charge on any atom is 0.251 e. The molecular formula is C15H24ClN3O2. The summed E-state index contributed by atoms with van der Waals surface area (Å²) < 4.78 is 0. The fourth-order valence-electron chi connectivity index (χ4n) is 1.81. The van der Waals surface area contributed by atoms with Gasteiger partial charge in [0.05, 0.1) is 0 Å². The monoisotopic (exact) mass is 313 g/mol. The maximum absolute atomic E-state index is 11.9. The van der Waals surface area contributed by atoms with Crippen LogP contribution in [0.4, 0.5) is 0 Å². The van der Waals surface area contributed by atoms with Crippen LogP contribution < -0.4 is 11.1 Å². The smallest absolute Gasteiger partial charge is 0.251 e. The Morgan fingerprint density at radius 2 is 1.86 bits per heavy atom. The number of halogens is 1. The van der Waals surface area contributed by atoms with Crippen LogP contribution in [0.5, 0.6) is 0 Å². The van der Waals surface area contributed by atoms with Crippen LogP contribution in [-0.2, 0) is 11.3 Å². The summed E-state index contributed by atoms with van der Waals surface area (Å²) in [6, 6.07) is 7.28. The molecule has 1 unspecified atom stereocenters. The van der Waals surface area contributed by atoms with E-state index in [1.165, 1.54) is 0 Å². The zero-order valence-corrected chi connectivity index (χ0v) is 13.6. The molecule has 118 valence electrons. The highest BCUT2D eigenvalue weighted by atomic mass is 35.5. The Labute approximate surface area is 132 Å². The van der Waals surface area contributed by atoms with E-state index < -0.39 is 0 Å². The lowest BCUT2D eigenvalue weighted by Gasteiger charge is -2.18. The Bertz CT molecular complexity index is 460. The van der Waals surface area contributed by atoms with E-state index in [0.717, 1.165) is 5.56 Å². The van der Waals surface area contributed by atoms with Gasteiger partial charge >= 0.3 is 0 Å². The van der Waals surface area contributed by atoms with Crippen LogP contribution in [0, 0.1) is 0 Å². The molecule has 2 amide bonds. The number of hydrogen-bond acceptors (Lipinski definition) is 3. The predicted molar refractivity (Wildman–Crippen MR) is 86.4 cm³/mol. The Hall–Kier alpha value is -1.59. The van der Waals surface area contributed by atoms with Gasteiger partial charge < -0.3 is 16.0 Å². The van der Waals surface area contributed by atoms with Gasteiger partial charge in [0.15, 0.2) is 0 Å². The molecule has 0 bridgehead atoms. The zero-order chi connectivity index (χ0) is 15.1. The van der Waals surface area contributed by atoms with Crippen molar-refractivity contribution in [2.24, 2.45) is 5.73 Å². The van der Waals surface area contributed by atoms with E-state index in [4.69, 9.17) is 5.73 Å². The number of nitrogens with one attached hydrogen (secondary N) is 1. The molecule has 0 saturated carbocycles. The average Bonchev–Trinajstić information content (AvgIpc) is 2.44. The number of nitrogens with zero attached hydrogens (tertiary/aromatic N) is 1. The lowest BCUT2D eigenvalue weighted by Crippen LogP contribution is -2.28. The third-order valence-corrected chi connectivity index (χ3v) is 3.10. The number of amides is 2. The molecule has 1 aromatic carbocycles. The molecule has 1 atom stereocenters. The van der Waals surface area contributed by atoms with Crippen molar-refractivity contribution in [3.63, 3.8) is 0 Å². The number of carbonyl (C=O) groups excluding carboxylic acids is 2. The van der Waals surface area contributed by atoms with Crippen molar-refractivity contribution in [3.8, 4) is 0 Å². The predicted octanol–water partition coefficient (Wildman–Crippen LogP) is 1.55. The first-order valence-electron chi connectivity index (χ1n) is 6.74. The van der Waals surface area contributed by atoms with Gasteiger partial charge in [-0.15, -0.1) is 12.4 Å². The first-order chi connectivity index (χ1) is 9.43. The molecule has 0 fully saturated rings. The van der Waals surface area contributed by atoms with Gasteiger partial charge in [-0.25, -0.2) is 0 Å². The second-order valence-electron chi connectivity index (χ2n) is 5.04. The number of rotatable bonds is 6. The van der Waals surface area contributed by atoms with Crippen molar-refractivity contribution in [1.29, 1.82) is 0 Å². The molecule has 1 rings (SSSR count). The van der Waals surface area contributed by atoms with Crippen LogP contribution in [0.15, 0.2) is 24.3 Å². The second kappa shape index (κ2) is 9.37. The maximum atomic E-state index is 11.9. The molecule has 6 heteroatoms. The van der Waals surface area contributed by atoms with Gasteiger partial charge in [0.25, 0.3) is 5.91 Å². The van der Waals surface area contributed by atoms with Gasteiger partial charge in [0, 0.05) is 38.7 Å². The normalized spacial score (nSPS) is 11.2. The summed E-state index contributed by atoms with van der Waals surface area (Å²) in [6.07, 6.45) is 1.16. The van der Waals surface area contributed by atoms with Gasteiger partial charge in [-0.05, 0) is 31.0 Å². The molecule has 0 aromatic heterocycles. The second-order valence-corrected chi connectivity index (χ2v) is 5.04. The summed E-state index contributed by atoms with van der Waals surface area (Å²) in [7, 11) is 3.37. The van der Waals surface area contributed by atoms with Crippen molar-refractivity contribution in [3.05, 3.63) is 35.4 Å². The van der Waals surface area contributed by atoms with E-state index in [1.54, 1.807) is 31.1 Å². The Morgan fingerprint density at radius 1 is 1.29 bits per heavy atom. The van der Waals surface area contributed by atoms with E-state index in [-0.39, 0.29) is 30.3 Å². The van der Waals surface area contributed by atoms with E-state index in [0.29, 0.717) is 24.9 Å². The zero-order valence-electron chi connectivity index (χ0n) is 12.8. The minimum Gasteiger partial charge on any atom is -0.355 e. The van der Waals surface area contributed by atoms with Crippen LogP contribution >= 0.6 is 12.4 Å². The van der Waals surface area contributed by atoms with Crippen LogP contribution in [0.2, 0.25) is 0 Å². The van der Waals surface area contributed by atoms with Crippen LogP contribution in [0.3, 0.4) is 0 Å². The number of nitrogens with two attached hydrogens (primary N) is 1. The minimum absolute atomic E-state index is 0. The van der Waals surface area contributed by atoms with Crippen LogP contribution in [0.1, 0.15) is 35.7 Å². The lowest BCUT2D eigenvalue weighted by atomic mass is 10.1. The molecule has 21 heavy (non-hydrogen) atoms. The third-order valence-electron chi connectivity index (χ3n) is 3.10. The van der Waals surface area contributed by atoms with Gasteiger partial charge in [-0.2, -0.15) is 0 Å². The summed E-state index contributed by atoms with van der Waals surface area (Å²) in [5.74, 6) is -0.0319. The van der Waals surface area contributed by atoms with Gasteiger partial charge in [-0.3, -0.25) is 9.59 Å².